The minimum Gasteiger partial charge on any atom is -0.284 e. The maximum Gasteiger partial charge on any atom is 0.265 e. The van der Waals surface area contributed by atoms with E-state index in [1.165, 1.54) is 23.4 Å². The molecule has 0 unspecified atom stereocenters. The number of tetrazole rings is 1. The summed E-state index contributed by atoms with van der Waals surface area (Å²) in [5.74, 6) is 0. The van der Waals surface area contributed by atoms with Crippen molar-refractivity contribution >= 4 is 15.7 Å². The van der Waals surface area contributed by atoms with Crippen molar-refractivity contribution < 1.29 is 8.42 Å². The zero-order valence-electron chi connectivity index (χ0n) is 10.0. The summed E-state index contributed by atoms with van der Waals surface area (Å²) in [4.78, 5) is 0.0713. The fourth-order valence-corrected chi connectivity index (χ4v) is 2.53. The van der Waals surface area contributed by atoms with E-state index in [4.69, 9.17) is 0 Å². The Bertz CT molecular complexity index is 779. The molecule has 1 aromatic carbocycles. The molecule has 0 radical (unpaired) electrons. The molecule has 0 aliphatic heterocycles. The second-order valence-corrected chi connectivity index (χ2v) is 5.52. The van der Waals surface area contributed by atoms with Crippen LogP contribution in [0.5, 0.6) is 0 Å². The maximum atomic E-state index is 12.0. The van der Waals surface area contributed by atoms with Crippen LogP contribution in [0, 0.1) is 0 Å². The molecule has 0 fully saturated rings. The first kappa shape index (κ1) is 12.3. The molecule has 0 aliphatic carbocycles. The molecule has 10 heteroatoms. The van der Waals surface area contributed by atoms with Crippen molar-refractivity contribution in [3.05, 3.63) is 43.0 Å². The van der Waals surface area contributed by atoms with Gasteiger partial charge in [0.25, 0.3) is 10.0 Å². The minimum absolute atomic E-state index is 0.0713. The van der Waals surface area contributed by atoms with Crippen LogP contribution in [0.2, 0.25) is 0 Å². The lowest BCUT2D eigenvalue weighted by Gasteiger charge is -2.06. The molecule has 2 N–H and O–H groups in total. The second-order valence-electron chi connectivity index (χ2n) is 3.84. The Balaban J connectivity index is 1.83. The number of anilines is 1. The number of hydrogen-bond acceptors (Lipinski definition) is 6. The Hall–Kier alpha value is -2.75. The topological polar surface area (TPSA) is 118 Å². The molecule has 0 saturated carbocycles. The third-order valence-electron chi connectivity index (χ3n) is 2.52. The number of sulfonamides is 1. The highest BCUT2D eigenvalue weighted by molar-refractivity contribution is 7.92. The van der Waals surface area contributed by atoms with Crippen molar-refractivity contribution in [2.45, 2.75) is 4.90 Å². The van der Waals surface area contributed by atoms with Gasteiger partial charge in [0.05, 0.1) is 11.9 Å². The first-order chi connectivity index (χ1) is 9.65. The number of rotatable bonds is 4. The van der Waals surface area contributed by atoms with Crippen molar-refractivity contribution in [2.24, 2.45) is 0 Å². The summed E-state index contributed by atoms with van der Waals surface area (Å²) in [7, 11) is -3.63. The number of H-pyrrole nitrogens is 1. The van der Waals surface area contributed by atoms with E-state index in [1.54, 1.807) is 24.3 Å². The van der Waals surface area contributed by atoms with E-state index in [1.807, 2.05) is 0 Å². The van der Waals surface area contributed by atoms with Crippen LogP contribution in [-0.2, 0) is 10.0 Å². The lowest BCUT2D eigenvalue weighted by molar-refractivity contribution is 0.601. The van der Waals surface area contributed by atoms with Crippen LogP contribution in [0.25, 0.3) is 5.69 Å². The third-order valence-corrected chi connectivity index (χ3v) is 3.86. The van der Waals surface area contributed by atoms with E-state index in [2.05, 4.69) is 30.4 Å². The largest absolute Gasteiger partial charge is 0.284 e. The normalized spacial score (nSPS) is 11.4. The second kappa shape index (κ2) is 4.74. The molecule has 2 aromatic heterocycles. The summed E-state index contributed by atoms with van der Waals surface area (Å²) in [5, 5.41) is 16.8. The maximum absolute atomic E-state index is 12.0. The van der Waals surface area contributed by atoms with Gasteiger partial charge in [-0.25, -0.2) is 13.1 Å². The van der Waals surface area contributed by atoms with Gasteiger partial charge in [-0.15, -0.1) is 5.10 Å². The molecule has 102 valence electrons. The monoisotopic (exact) mass is 291 g/mol. The number of aromatic amines is 1. The summed E-state index contributed by atoms with van der Waals surface area (Å²) in [6.07, 6.45) is 3.99. The quantitative estimate of drug-likeness (QED) is 0.708. The molecule has 0 atom stereocenters. The lowest BCUT2D eigenvalue weighted by Crippen LogP contribution is -2.12. The van der Waals surface area contributed by atoms with Crippen LogP contribution in [0.4, 0.5) is 5.69 Å². The van der Waals surface area contributed by atoms with Crippen LogP contribution in [0.15, 0.2) is 47.9 Å². The van der Waals surface area contributed by atoms with Gasteiger partial charge in [-0.1, -0.05) is 0 Å². The van der Waals surface area contributed by atoms with E-state index >= 15 is 0 Å². The summed E-state index contributed by atoms with van der Waals surface area (Å²) in [6, 6.07) is 6.64. The number of aromatic nitrogens is 6. The van der Waals surface area contributed by atoms with Crippen LogP contribution in [0.1, 0.15) is 0 Å². The first-order valence-electron chi connectivity index (χ1n) is 5.50. The fraction of sp³-hybridized carbons (Fsp3) is 0. The molecule has 0 spiro atoms. The molecule has 20 heavy (non-hydrogen) atoms. The fourth-order valence-electron chi connectivity index (χ4n) is 1.56. The molecular formula is C10H9N7O2S. The van der Waals surface area contributed by atoms with Gasteiger partial charge in [0.1, 0.15) is 11.2 Å². The van der Waals surface area contributed by atoms with Crippen LogP contribution in [0.3, 0.4) is 0 Å². The SMILES string of the molecule is O=S(=O)(Nc1ccc(-n2cnnn2)cc1)c1cn[nH]c1. The Labute approximate surface area is 113 Å². The van der Waals surface area contributed by atoms with Gasteiger partial charge >= 0.3 is 0 Å². The molecule has 3 rings (SSSR count). The Morgan fingerprint density at radius 2 is 2.00 bits per heavy atom. The minimum atomic E-state index is -3.63. The Morgan fingerprint density at radius 3 is 2.60 bits per heavy atom. The molecule has 0 bridgehead atoms. The van der Waals surface area contributed by atoms with E-state index in [-0.39, 0.29) is 4.90 Å². The van der Waals surface area contributed by atoms with Gasteiger partial charge in [-0.05, 0) is 34.7 Å². The zero-order chi connectivity index (χ0) is 14.0. The summed E-state index contributed by atoms with van der Waals surface area (Å²) in [5.41, 5.74) is 1.16. The predicted octanol–water partition coefficient (Wildman–Crippen LogP) is 0.186. The molecule has 0 aliphatic rings. The van der Waals surface area contributed by atoms with Gasteiger partial charge in [0.2, 0.25) is 0 Å². The van der Waals surface area contributed by atoms with Crippen LogP contribution < -0.4 is 4.72 Å². The smallest absolute Gasteiger partial charge is 0.265 e. The van der Waals surface area contributed by atoms with Crippen LogP contribution >= 0.6 is 0 Å². The van der Waals surface area contributed by atoms with E-state index in [0.717, 1.165) is 5.69 Å². The zero-order valence-corrected chi connectivity index (χ0v) is 10.8. The third kappa shape index (κ3) is 2.36. The van der Waals surface area contributed by atoms with Crippen molar-refractivity contribution in [3.8, 4) is 5.69 Å². The van der Waals surface area contributed by atoms with Gasteiger partial charge < -0.3 is 0 Å². The highest BCUT2D eigenvalue weighted by atomic mass is 32.2. The molecule has 9 nitrogen and oxygen atoms in total. The van der Waals surface area contributed by atoms with Gasteiger partial charge in [-0.2, -0.15) is 5.10 Å². The first-order valence-corrected chi connectivity index (χ1v) is 6.98. The summed E-state index contributed by atoms with van der Waals surface area (Å²) < 4.78 is 27.8. The average Bonchev–Trinajstić information content (AvgIpc) is 3.13. The molecule has 0 saturated heterocycles. The van der Waals surface area contributed by atoms with Crippen molar-refractivity contribution in [3.63, 3.8) is 0 Å². The van der Waals surface area contributed by atoms with Crippen LogP contribution in [-0.4, -0.2) is 38.8 Å². The molecular weight excluding hydrogens is 282 g/mol. The summed E-state index contributed by atoms with van der Waals surface area (Å²) in [6.45, 7) is 0. The number of nitrogens with zero attached hydrogens (tertiary/aromatic N) is 5. The number of nitrogens with one attached hydrogen (secondary N) is 2. The molecule has 0 amide bonds. The molecule has 3 aromatic rings. The van der Waals surface area contributed by atoms with Crippen molar-refractivity contribution in [2.75, 3.05) is 4.72 Å². The predicted molar refractivity (Wildman–Crippen MR) is 68.6 cm³/mol. The van der Waals surface area contributed by atoms with Crippen molar-refractivity contribution in [1.82, 2.24) is 30.4 Å². The van der Waals surface area contributed by atoms with Gasteiger partial charge in [-0.3, -0.25) is 9.82 Å². The lowest BCUT2D eigenvalue weighted by atomic mass is 10.3. The average molecular weight is 291 g/mol. The van der Waals surface area contributed by atoms with Gasteiger partial charge in [0.15, 0.2) is 0 Å². The van der Waals surface area contributed by atoms with E-state index in [0.29, 0.717) is 5.69 Å². The highest BCUT2D eigenvalue weighted by Crippen LogP contribution is 2.16. The number of benzene rings is 1. The Kier molecular flexibility index (Phi) is 2.91. The standard InChI is InChI=1S/C10H9N7O2S/c18-20(19,10-5-11-12-6-10)14-8-1-3-9(4-2-8)17-7-13-15-16-17/h1-7,14H,(H,11,12). The van der Waals surface area contributed by atoms with E-state index in [9.17, 15) is 8.42 Å². The summed E-state index contributed by atoms with van der Waals surface area (Å²) >= 11 is 0. The van der Waals surface area contributed by atoms with E-state index < -0.39 is 10.0 Å². The van der Waals surface area contributed by atoms with Gasteiger partial charge in [0, 0.05) is 11.9 Å². The van der Waals surface area contributed by atoms with Crippen molar-refractivity contribution in [1.29, 1.82) is 0 Å². The number of hydrogen-bond donors (Lipinski definition) is 2. The molecule has 2 heterocycles. The highest BCUT2D eigenvalue weighted by Gasteiger charge is 2.15. The Morgan fingerprint density at radius 1 is 1.20 bits per heavy atom.